The van der Waals surface area contributed by atoms with Gasteiger partial charge in [-0.2, -0.15) is 0 Å². The number of nitrogens with zero attached hydrogens (tertiary/aromatic N) is 1. The van der Waals surface area contributed by atoms with Crippen LogP contribution >= 0.6 is 0 Å². The number of ether oxygens (including phenoxy) is 6. The van der Waals surface area contributed by atoms with Crippen LogP contribution in [0.4, 0.5) is 5.69 Å². The standard InChI is InChI=1S/C22H34N2O8.C11H15NO3.2CHO.Ta.Tb/c1-14(30-13-24(2)3)7-8-23-21(26)17-9-15(12-29-4)5-6-18(17)31-20-11-16(25)10-19(32-20)22(27)28;1-14-6-9-3-4-11(12-8-13)10(5-9)7-15-2;2*1-2;;/h5-6,9,14,16,19-20,25H,7-8,10-13H2,1-4H3,(H,23,26)(H,27,28);3-5,8H,6-7H2,1-2H3,(H,12,13);2*1H;;/q;;2*-1;;. The van der Waals surface area contributed by atoms with E-state index in [-0.39, 0.29) is 97.2 Å². The van der Waals surface area contributed by atoms with Crippen molar-refractivity contribution in [1.82, 2.24) is 10.2 Å². The summed E-state index contributed by atoms with van der Waals surface area (Å²) in [6, 6.07) is 10.7. The first-order chi connectivity index (χ1) is 24.5. The van der Waals surface area contributed by atoms with Crippen molar-refractivity contribution in [3.63, 3.8) is 0 Å². The number of nitrogens with one attached hydrogen (secondary N) is 2. The first-order valence-corrected chi connectivity index (χ1v) is 15.7. The number of carbonyl (C=O) groups is 3. The molecule has 1 aliphatic rings. The van der Waals surface area contributed by atoms with E-state index in [1.807, 2.05) is 44.1 Å². The number of methoxy groups -OCH3 is 3. The summed E-state index contributed by atoms with van der Waals surface area (Å²) in [5, 5.41) is 24.7. The van der Waals surface area contributed by atoms with Gasteiger partial charge in [0.1, 0.15) is 5.75 Å². The Morgan fingerprint density at radius 2 is 1.57 bits per heavy atom. The minimum absolute atomic E-state index is 0. The van der Waals surface area contributed by atoms with Crippen molar-refractivity contribution < 1.29 is 124 Å². The van der Waals surface area contributed by atoms with Crippen LogP contribution in [-0.4, -0.2) is 120 Å². The fourth-order valence-electron chi connectivity index (χ4n) is 4.58. The number of carbonyl (C=O) groups excluding carboxylic acids is 4. The zero-order chi connectivity index (χ0) is 38.8. The molecule has 4 N–H and O–H groups in total. The molecule has 1 fully saturated rings. The van der Waals surface area contributed by atoms with Crippen molar-refractivity contribution in [2.45, 2.75) is 70.6 Å². The molecule has 53 heavy (non-hydrogen) atoms. The predicted octanol–water partition coefficient (Wildman–Crippen LogP) is 2.20. The molecule has 18 heteroatoms. The van der Waals surface area contributed by atoms with E-state index in [2.05, 4.69) is 24.2 Å². The summed E-state index contributed by atoms with van der Waals surface area (Å²) in [4.78, 5) is 51.9. The minimum atomic E-state index is -1.17. The van der Waals surface area contributed by atoms with Gasteiger partial charge in [-0.15, -0.1) is 0 Å². The molecule has 2 radical (unpaired) electrons. The van der Waals surface area contributed by atoms with Crippen molar-refractivity contribution >= 4 is 37.6 Å². The van der Waals surface area contributed by atoms with E-state index < -0.39 is 24.5 Å². The molecule has 16 nitrogen and oxygen atoms in total. The molecule has 3 rings (SSSR count). The van der Waals surface area contributed by atoms with Crippen LogP contribution < -0.4 is 15.4 Å². The Labute approximate surface area is 357 Å². The normalized spacial score (nSPS) is 16.2. The van der Waals surface area contributed by atoms with Crippen LogP contribution in [0.25, 0.3) is 0 Å². The third-order valence-corrected chi connectivity index (χ3v) is 6.85. The maximum atomic E-state index is 12.9. The van der Waals surface area contributed by atoms with Crippen LogP contribution in [0.2, 0.25) is 0 Å². The van der Waals surface area contributed by atoms with Crippen LogP contribution in [0, 0.1) is 38.6 Å². The molecule has 2 aromatic rings. The number of aliphatic carboxylic acids is 1. The van der Waals surface area contributed by atoms with Crippen LogP contribution in [0.1, 0.15) is 53.2 Å². The van der Waals surface area contributed by atoms with Gasteiger partial charge in [0.2, 0.25) is 12.7 Å². The van der Waals surface area contributed by atoms with Crippen LogP contribution in [-0.2, 0) is 85.1 Å². The Morgan fingerprint density at radius 1 is 0.981 bits per heavy atom. The van der Waals surface area contributed by atoms with Crippen molar-refractivity contribution in [3.05, 3.63) is 58.7 Å². The Balaban J connectivity index is -0.00000100. The molecule has 0 aromatic heterocycles. The van der Waals surface area contributed by atoms with E-state index >= 15 is 0 Å². The topological polar surface area (TPSA) is 208 Å². The molecule has 4 atom stereocenters. The molecule has 0 bridgehead atoms. The molecule has 4 unspecified atom stereocenters. The van der Waals surface area contributed by atoms with E-state index in [1.54, 1.807) is 39.5 Å². The number of carboxylic acids is 1. The average molecular weight is 1060 g/mol. The molecule has 1 saturated heterocycles. The van der Waals surface area contributed by atoms with Crippen LogP contribution in [0.5, 0.6) is 5.75 Å². The number of hydrogen-bond acceptors (Lipinski definition) is 13. The van der Waals surface area contributed by atoms with E-state index in [4.69, 9.17) is 38.0 Å². The van der Waals surface area contributed by atoms with Gasteiger partial charge in [-0.05, 0) is 62.8 Å². The number of benzene rings is 2. The van der Waals surface area contributed by atoms with Gasteiger partial charge >= 0.3 is 5.97 Å². The number of rotatable bonds is 18. The number of aliphatic hydroxyl groups excluding tert-OH is 1. The van der Waals surface area contributed by atoms with Gasteiger partial charge < -0.3 is 58.9 Å². The Kier molecular flexibility index (Phi) is 34.4. The van der Waals surface area contributed by atoms with Crippen molar-refractivity contribution in [1.29, 1.82) is 0 Å². The van der Waals surface area contributed by atoms with E-state index in [9.17, 15) is 24.6 Å². The largest absolute Gasteiger partial charge is 0.545 e. The second kappa shape index (κ2) is 33.1. The van der Waals surface area contributed by atoms with Gasteiger partial charge in [-0.25, -0.2) is 4.79 Å². The number of hydrogen-bond donors (Lipinski definition) is 4. The average Bonchev–Trinajstić information content (AvgIpc) is 3.11. The Bertz CT molecular complexity index is 1310. The third-order valence-electron chi connectivity index (χ3n) is 6.85. The molecule has 2 aromatic carbocycles. The fraction of sp³-hybridized carbons (Fsp3) is 0.514. The first kappa shape index (κ1) is 55.1. The van der Waals surface area contributed by atoms with Crippen LogP contribution in [0.15, 0.2) is 36.4 Å². The summed E-state index contributed by atoms with van der Waals surface area (Å²) in [5.41, 5.74) is 3.82. The summed E-state index contributed by atoms with van der Waals surface area (Å²) in [5.74, 6) is -1.28. The zero-order valence-corrected chi connectivity index (χ0v) is 36.1. The minimum Gasteiger partial charge on any atom is -0.545 e. The van der Waals surface area contributed by atoms with E-state index in [0.29, 0.717) is 45.9 Å². The van der Waals surface area contributed by atoms with E-state index in [1.165, 1.54) is 0 Å². The van der Waals surface area contributed by atoms with Gasteiger partial charge in [-0.1, -0.05) is 12.1 Å². The van der Waals surface area contributed by atoms with Gasteiger partial charge in [0.05, 0.1) is 44.3 Å². The second-order valence-corrected chi connectivity index (χ2v) is 11.2. The zero-order valence-electron chi connectivity index (χ0n) is 30.8. The van der Waals surface area contributed by atoms with Crippen molar-refractivity contribution in [2.75, 3.05) is 54.0 Å². The maximum Gasteiger partial charge on any atom is 0.333 e. The van der Waals surface area contributed by atoms with Gasteiger partial charge in [0.15, 0.2) is 6.10 Å². The van der Waals surface area contributed by atoms with Crippen molar-refractivity contribution in [2.24, 2.45) is 0 Å². The van der Waals surface area contributed by atoms with Gasteiger partial charge in [-0.3, -0.25) is 28.1 Å². The summed E-state index contributed by atoms with van der Waals surface area (Å²) in [7, 11) is 8.65. The first-order valence-electron chi connectivity index (χ1n) is 15.7. The maximum absolute atomic E-state index is 12.9. The number of aliphatic hydroxyl groups is 1. The molecule has 0 aliphatic carbocycles. The fourth-order valence-corrected chi connectivity index (χ4v) is 4.58. The molecule has 1 aliphatic heterocycles. The molecular weight excluding hydrogens is 1010 g/mol. The monoisotopic (exact) mass is 1060 g/mol. The Hall–Kier alpha value is -2.26. The predicted molar refractivity (Wildman–Crippen MR) is 186 cm³/mol. The molecule has 0 spiro atoms. The van der Waals surface area contributed by atoms with Gasteiger partial charge in [0.25, 0.3) is 5.91 Å². The SMILES string of the molecule is COCc1ccc(NC=O)c(COC)c1.COCc1ccc(OC2CC(O)CC(C(=O)O)O2)c(C(=O)NCCC(C)OCN(C)C)c1.[CH-]=O.[CH-]=O.[Ta].[Tb]. The quantitative estimate of drug-likeness (QED) is 0.0960. The van der Waals surface area contributed by atoms with E-state index in [0.717, 1.165) is 22.4 Å². The van der Waals surface area contributed by atoms with Crippen molar-refractivity contribution in [3.8, 4) is 5.75 Å². The number of amides is 2. The van der Waals surface area contributed by atoms with Crippen LogP contribution in [0.3, 0.4) is 0 Å². The summed E-state index contributed by atoms with van der Waals surface area (Å²) < 4.78 is 32.1. The molecular formula is C35H51N3O13TaTb-2. The number of carboxylic acid groups (broad SMARTS) is 1. The Morgan fingerprint density at radius 3 is 2.11 bits per heavy atom. The molecule has 1 heterocycles. The molecule has 2 amide bonds. The third kappa shape index (κ3) is 22.7. The second-order valence-electron chi connectivity index (χ2n) is 11.2. The molecule has 0 saturated carbocycles. The summed E-state index contributed by atoms with van der Waals surface area (Å²) >= 11 is 0. The smallest absolute Gasteiger partial charge is 0.333 e. The summed E-state index contributed by atoms with van der Waals surface area (Å²) in [6.45, 7) is 10.7. The molecule has 300 valence electrons. The number of anilines is 1. The van der Waals surface area contributed by atoms with Gasteiger partial charge in [0, 0.05) is 113 Å². The summed E-state index contributed by atoms with van der Waals surface area (Å²) in [6.07, 6.45) is -1.68.